The van der Waals surface area contributed by atoms with Crippen LogP contribution in [0.4, 0.5) is 16.2 Å². The van der Waals surface area contributed by atoms with E-state index in [1.165, 1.54) is 7.11 Å². The molecule has 3 rings (SSSR count). The highest BCUT2D eigenvalue weighted by molar-refractivity contribution is 7.92. The minimum absolute atomic E-state index is 0.221. The van der Waals surface area contributed by atoms with Crippen LogP contribution in [0.2, 0.25) is 0 Å². The summed E-state index contributed by atoms with van der Waals surface area (Å²) in [7, 11) is -0.317. The Hall–Kier alpha value is -3.53. The maximum atomic E-state index is 12.5. The molecular weight excluding hydrogens is 470 g/mol. The Morgan fingerprint density at radius 3 is 2.29 bits per heavy atom. The number of benzene rings is 2. The number of nitrogens with one attached hydrogen (secondary N) is 2. The minimum Gasteiger partial charge on any atom is -0.496 e. The zero-order valence-corrected chi connectivity index (χ0v) is 21.6. The van der Waals surface area contributed by atoms with Gasteiger partial charge >= 0.3 is 6.03 Å². The number of hydrogen-bond donors (Lipinski definition) is 2. The maximum absolute atomic E-state index is 12.5. The first kappa shape index (κ1) is 26.1. The fraction of sp³-hybridized carbons (Fsp3) is 0.360. The number of urea groups is 1. The van der Waals surface area contributed by atoms with Gasteiger partial charge in [-0.15, -0.1) is 0 Å². The molecule has 1 fully saturated rings. The van der Waals surface area contributed by atoms with Crippen LogP contribution in [0.3, 0.4) is 0 Å². The van der Waals surface area contributed by atoms with Crippen molar-refractivity contribution in [1.29, 1.82) is 0 Å². The molecule has 0 aromatic heterocycles. The van der Waals surface area contributed by atoms with Crippen LogP contribution >= 0.6 is 0 Å². The molecule has 1 saturated heterocycles. The Balaban J connectivity index is 2.08. The summed E-state index contributed by atoms with van der Waals surface area (Å²) >= 11 is 0. The summed E-state index contributed by atoms with van der Waals surface area (Å²) in [6, 6.07) is 8.28. The van der Waals surface area contributed by atoms with Crippen molar-refractivity contribution in [3.8, 4) is 11.5 Å². The van der Waals surface area contributed by atoms with Gasteiger partial charge in [-0.05, 0) is 29.7 Å². The van der Waals surface area contributed by atoms with Crippen molar-refractivity contribution in [3.05, 3.63) is 47.0 Å². The number of ether oxygens (including phenoxy) is 2. The Kier molecular flexibility index (Phi) is 7.44. The van der Waals surface area contributed by atoms with Crippen molar-refractivity contribution in [1.82, 2.24) is 5.32 Å². The van der Waals surface area contributed by atoms with Crippen LogP contribution in [0, 0.1) is 0 Å². The molecule has 0 unspecified atom stereocenters. The van der Waals surface area contributed by atoms with Crippen molar-refractivity contribution in [2.45, 2.75) is 32.6 Å². The molecule has 2 aromatic rings. The number of anilines is 2. The fourth-order valence-corrected chi connectivity index (χ4v) is 4.37. The lowest BCUT2D eigenvalue weighted by molar-refractivity contribution is -0.120. The monoisotopic (exact) mass is 501 g/mol. The number of imide groups is 1. The molecule has 2 aromatic carbocycles. The van der Waals surface area contributed by atoms with E-state index in [1.807, 2.05) is 24.3 Å². The van der Waals surface area contributed by atoms with E-state index >= 15 is 0 Å². The van der Waals surface area contributed by atoms with E-state index in [4.69, 9.17) is 9.47 Å². The third-order valence-corrected chi connectivity index (χ3v) is 6.07. The van der Waals surface area contributed by atoms with Crippen LogP contribution in [0.5, 0.6) is 11.5 Å². The van der Waals surface area contributed by atoms with E-state index in [0.29, 0.717) is 22.9 Å². The average molecular weight is 502 g/mol. The van der Waals surface area contributed by atoms with Gasteiger partial charge in [0.15, 0.2) is 0 Å². The van der Waals surface area contributed by atoms with Crippen LogP contribution in [0.25, 0.3) is 12.2 Å². The van der Waals surface area contributed by atoms with Crippen molar-refractivity contribution >= 4 is 45.5 Å². The van der Waals surface area contributed by atoms with E-state index in [9.17, 15) is 18.0 Å². The minimum atomic E-state index is -3.42. The molecule has 1 aliphatic rings. The summed E-state index contributed by atoms with van der Waals surface area (Å²) in [6.45, 7) is 6.45. The molecule has 3 amide bonds. The zero-order valence-electron chi connectivity index (χ0n) is 20.8. The van der Waals surface area contributed by atoms with Gasteiger partial charge in [0.05, 0.1) is 26.2 Å². The summed E-state index contributed by atoms with van der Waals surface area (Å²) in [5.41, 5.74) is 3.11. The molecule has 188 valence electrons. The smallest absolute Gasteiger partial charge is 0.328 e. The average Bonchev–Trinajstić information content (AvgIpc) is 2.75. The topological polar surface area (TPSA) is 114 Å². The molecule has 0 spiro atoms. The predicted molar refractivity (Wildman–Crippen MR) is 138 cm³/mol. The van der Waals surface area contributed by atoms with Crippen molar-refractivity contribution in [2.75, 3.05) is 36.6 Å². The number of amides is 3. The largest absolute Gasteiger partial charge is 0.496 e. The van der Waals surface area contributed by atoms with E-state index in [0.717, 1.165) is 22.9 Å². The third-order valence-electron chi connectivity index (χ3n) is 5.46. The van der Waals surface area contributed by atoms with Crippen LogP contribution in [0.1, 0.15) is 43.9 Å². The molecule has 1 heterocycles. The quantitative estimate of drug-likeness (QED) is 0.555. The summed E-state index contributed by atoms with van der Waals surface area (Å²) in [5, 5.41) is 2.36. The number of nitrogens with zero attached hydrogens (tertiary/aromatic N) is 1. The van der Waals surface area contributed by atoms with E-state index < -0.39 is 16.1 Å². The van der Waals surface area contributed by atoms with E-state index in [-0.39, 0.29) is 24.3 Å². The summed E-state index contributed by atoms with van der Waals surface area (Å²) in [5.74, 6) is 0.854. The molecule has 0 bridgehead atoms. The van der Waals surface area contributed by atoms with Gasteiger partial charge in [-0.25, -0.2) is 13.2 Å². The van der Waals surface area contributed by atoms with E-state index in [1.54, 1.807) is 30.2 Å². The molecule has 10 heteroatoms. The van der Waals surface area contributed by atoms with Crippen molar-refractivity contribution in [3.63, 3.8) is 0 Å². The first-order valence-electron chi connectivity index (χ1n) is 11.0. The molecule has 9 nitrogen and oxygen atoms in total. The van der Waals surface area contributed by atoms with Gasteiger partial charge in [-0.3, -0.25) is 19.7 Å². The Morgan fingerprint density at radius 1 is 1.03 bits per heavy atom. The van der Waals surface area contributed by atoms with Crippen LogP contribution in [0.15, 0.2) is 30.3 Å². The van der Waals surface area contributed by atoms with Gasteiger partial charge in [-0.2, -0.15) is 0 Å². The van der Waals surface area contributed by atoms with Crippen molar-refractivity contribution < 1.29 is 27.5 Å². The van der Waals surface area contributed by atoms with E-state index in [2.05, 4.69) is 30.8 Å². The molecule has 0 atom stereocenters. The first-order chi connectivity index (χ1) is 16.3. The number of carbonyl (C=O) groups is 2. The van der Waals surface area contributed by atoms with Gasteiger partial charge in [-0.1, -0.05) is 32.9 Å². The second-order valence-electron chi connectivity index (χ2n) is 9.29. The molecule has 0 saturated carbocycles. The highest BCUT2D eigenvalue weighted by atomic mass is 32.2. The molecule has 2 N–H and O–H groups in total. The predicted octanol–water partition coefficient (Wildman–Crippen LogP) is 3.99. The summed E-state index contributed by atoms with van der Waals surface area (Å²) in [4.78, 5) is 25.7. The fourth-order valence-electron chi connectivity index (χ4n) is 3.82. The molecular formula is C25H31N3O6S. The molecule has 35 heavy (non-hydrogen) atoms. The molecule has 0 radical (unpaired) electrons. The third kappa shape index (κ3) is 6.33. The Labute approximate surface area is 206 Å². The van der Waals surface area contributed by atoms with Gasteiger partial charge < -0.3 is 9.47 Å². The van der Waals surface area contributed by atoms with Gasteiger partial charge in [0.25, 0.3) is 0 Å². The summed E-state index contributed by atoms with van der Waals surface area (Å²) < 4.78 is 36.8. The Bertz CT molecular complexity index is 1280. The standard InChI is InChI=1S/C25H31N3O6S/c1-25(2,3)20-15-19(28-12-11-22(29)26-24(28)30)13-17(23(20)34-5)8-7-16-9-10-18(14-21(16)33-4)27-35(6,31)32/h7-10,13-15,27H,11-12H2,1-6H3,(H,26,29,30). The second-order valence-corrected chi connectivity index (χ2v) is 11.0. The normalized spacial score (nSPS) is 14.7. The summed E-state index contributed by atoms with van der Waals surface area (Å²) in [6.07, 6.45) is 4.99. The highest BCUT2D eigenvalue weighted by Crippen LogP contribution is 2.39. The second kappa shape index (κ2) is 9.99. The lowest BCUT2D eigenvalue weighted by Crippen LogP contribution is -2.49. The zero-order chi connectivity index (χ0) is 26.0. The molecule has 0 aliphatic carbocycles. The number of sulfonamides is 1. The van der Waals surface area contributed by atoms with Crippen LogP contribution in [-0.2, 0) is 20.2 Å². The van der Waals surface area contributed by atoms with Crippen LogP contribution in [-0.4, -0.2) is 47.4 Å². The van der Waals surface area contributed by atoms with Crippen LogP contribution < -0.4 is 24.4 Å². The number of hydrogen-bond acceptors (Lipinski definition) is 6. The number of rotatable bonds is 7. The Morgan fingerprint density at radius 2 is 1.71 bits per heavy atom. The lowest BCUT2D eigenvalue weighted by atomic mass is 9.84. The van der Waals surface area contributed by atoms with Gasteiger partial charge in [0.2, 0.25) is 15.9 Å². The van der Waals surface area contributed by atoms with Gasteiger partial charge in [0, 0.05) is 41.4 Å². The molecule has 1 aliphatic heterocycles. The van der Waals surface area contributed by atoms with Crippen molar-refractivity contribution in [2.24, 2.45) is 0 Å². The maximum Gasteiger partial charge on any atom is 0.328 e. The first-order valence-corrected chi connectivity index (χ1v) is 12.9. The number of carbonyl (C=O) groups excluding carboxylic acids is 2. The van der Waals surface area contributed by atoms with Gasteiger partial charge in [0.1, 0.15) is 11.5 Å². The number of methoxy groups -OCH3 is 2. The SMILES string of the molecule is COc1cc(NS(C)(=O)=O)ccc1C=Cc1cc(N2CCC(=O)NC2=O)cc(C(C)(C)C)c1OC. The highest BCUT2D eigenvalue weighted by Gasteiger charge is 2.28. The lowest BCUT2D eigenvalue weighted by Gasteiger charge is -2.30.